The molecule has 10 heteroatoms. The van der Waals surface area contributed by atoms with Gasteiger partial charge in [0, 0.05) is 18.2 Å². The standard InChI is InChI=1S/C17H28N2O6S2/c1-4-24-16-11-10-13(12-17(16)25-5-2)27(22,23)19-15-9-7-6-8-14(15)18-26(3,20)21/h10-12,14-15,18-19H,4-9H2,1-3H3/t14-,15-/m1/s1. The minimum Gasteiger partial charge on any atom is -0.490 e. The number of ether oxygens (including phenoxy) is 2. The van der Waals surface area contributed by atoms with Crippen LogP contribution in [0.1, 0.15) is 39.5 Å². The molecule has 1 aliphatic rings. The lowest BCUT2D eigenvalue weighted by Crippen LogP contribution is -2.52. The zero-order valence-corrected chi connectivity index (χ0v) is 17.5. The van der Waals surface area contributed by atoms with Gasteiger partial charge in [0.05, 0.1) is 24.4 Å². The van der Waals surface area contributed by atoms with Crippen LogP contribution in [0.25, 0.3) is 0 Å². The van der Waals surface area contributed by atoms with Crippen LogP contribution in [-0.4, -0.2) is 48.4 Å². The number of hydrogen-bond acceptors (Lipinski definition) is 6. The van der Waals surface area contributed by atoms with Gasteiger partial charge in [0.1, 0.15) is 0 Å². The Kier molecular flexibility index (Phi) is 7.49. The minimum atomic E-state index is -3.84. The molecule has 0 aromatic heterocycles. The molecule has 0 unspecified atom stereocenters. The molecule has 2 atom stereocenters. The molecule has 1 fully saturated rings. The molecule has 0 radical (unpaired) electrons. The maximum absolute atomic E-state index is 12.9. The van der Waals surface area contributed by atoms with Gasteiger partial charge >= 0.3 is 0 Å². The second kappa shape index (κ2) is 9.22. The molecule has 1 saturated carbocycles. The van der Waals surface area contributed by atoms with Crippen LogP contribution >= 0.6 is 0 Å². The Labute approximate surface area is 161 Å². The lowest BCUT2D eigenvalue weighted by atomic mass is 9.92. The van der Waals surface area contributed by atoms with E-state index in [0.29, 0.717) is 37.6 Å². The van der Waals surface area contributed by atoms with Gasteiger partial charge in [-0.2, -0.15) is 0 Å². The molecule has 0 spiro atoms. The first kappa shape index (κ1) is 21.9. The van der Waals surface area contributed by atoms with E-state index >= 15 is 0 Å². The van der Waals surface area contributed by atoms with Crippen molar-refractivity contribution in [1.29, 1.82) is 0 Å². The SMILES string of the molecule is CCOc1ccc(S(=O)(=O)N[C@@H]2CCCC[C@H]2NS(C)(=O)=O)cc1OCC. The minimum absolute atomic E-state index is 0.0538. The molecule has 1 aromatic carbocycles. The van der Waals surface area contributed by atoms with Gasteiger partial charge in [0.15, 0.2) is 11.5 Å². The fraction of sp³-hybridized carbons (Fsp3) is 0.647. The Bertz CT molecular complexity index is 839. The van der Waals surface area contributed by atoms with Crippen molar-refractivity contribution in [2.75, 3.05) is 19.5 Å². The van der Waals surface area contributed by atoms with Gasteiger partial charge in [0.2, 0.25) is 20.0 Å². The molecule has 154 valence electrons. The van der Waals surface area contributed by atoms with E-state index in [1.165, 1.54) is 12.1 Å². The maximum atomic E-state index is 12.9. The molecule has 27 heavy (non-hydrogen) atoms. The van der Waals surface area contributed by atoms with Crippen LogP contribution in [0.2, 0.25) is 0 Å². The smallest absolute Gasteiger partial charge is 0.241 e. The van der Waals surface area contributed by atoms with Gasteiger partial charge in [0.25, 0.3) is 0 Å². The predicted octanol–water partition coefficient (Wildman–Crippen LogP) is 1.62. The van der Waals surface area contributed by atoms with Crippen molar-refractivity contribution in [1.82, 2.24) is 9.44 Å². The van der Waals surface area contributed by atoms with E-state index in [4.69, 9.17) is 9.47 Å². The summed E-state index contributed by atoms with van der Waals surface area (Å²) in [6, 6.07) is 3.49. The summed E-state index contributed by atoms with van der Waals surface area (Å²) in [5.74, 6) is 0.837. The second-order valence-electron chi connectivity index (χ2n) is 6.48. The van der Waals surface area contributed by atoms with E-state index in [-0.39, 0.29) is 4.90 Å². The number of sulfonamides is 2. The van der Waals surface area contributed by atoms with E-state index in [2.05, 4.69) is 9.44 Å². The van der Waals surface area contributed by atoms with E-state index in [1.807, 2.05) is 6.92 Å². The largest absolute Gasteiger partial charge is 0.490 e. The quantitative estimate of drug-likeness (QED) is 0.628. The molecule has 0 saturated heterocycles. The summed E-state index contributed by atoms with van der Waals surface area (Å²) in [6.45, 7) is 4.45. The highest BCUT2D eigenvalue weighted by molar-refractivity contribution is 7.89. The molecule has 1 aromatic rings. The summed E-state index contributed by atoms with van der Waals surface area (Å²) >= 11 is 0. The summed E-state index contributed by atoms with van der Waals surface area (Å²) < 4.78 is 65.0. The number of rotatable bonds is 9. The summed E-state index contributed by atoms with van der Waals surface area (Å²) in [4.78, 5) is 0.0538. The van der Waals surface area contributed by atoms with Crippen molar-refractivity contribution in [2.45, 2.75) is 56.5 Å². The highest BCUT2D eigenvalue weighted by atomic mass is 32.2. The third-order valence-electron chi connectivity index (χ3n) is 4.26. The van der Waals surface area contributed by atoms with Gasteiger partial charge in [-0.05, 0) is 38.8 Å². The number of hydrogen-bond donors (Lipinski definition) is 2. The van der Waals surface area contributed by atoms with Gasteiger partial charge in [-0.15, -0.1) is 0 Å². The molecule has 0 aliphatic heterocycles. The molecule has 8 nitrogen and oxygen atoms in total. The average molecular weight is 421 g/mol. The number of nitrogens with one attached hydrogen (secondary N) is 2. The third kappa shape index (κ3) is 6.34. The molecule has 1 aliphatic carbocycles. The first-order valence-electron chi connectivity index (χ1n) is 9.05. The van der Waals surface area contributed by atoms with Gasteiger partial charge in [-0.25, -0.2) is 26.3 Å². The Balaban J connectivity index is 2.25. The van der Waals surface area contributed by atoms with Crippen LogP contribution in [0.3, 0.4) is 0 Å². The van der Waals surface area contributed by atoms with Crippen molar-refractivity contribution in [3.8, 4) is 11.5 Å². The molecule has 2 N–H and O–H groups in total. The molecule has 0 amide bonds. The number of benzene rings is 1. The van der Waals surface area contributed by atoms with E-state index in [9.17, 15) is 16.8 Å². The summed E-state index contributed by atoms with van der Waals surface area (Å²) in [5, 5.41) is 0. The molecule has 2 rings (SSSR count). The van der Waals surface area contributed by atoms with Gasteiger partial charge < -0.3 is 9.47 Å². The summed E-state index contributed by atoms with van der Waals surface area (Å²) in [5.41, 5.74) is 0. The molecular weight excluding hydrogens is 392 g/mol. The van der Waals surface area contributed by atoms with Crippen molar-refractivity contribution >= 4 is 20.0 Å². The topological polar surface area (TPSA) is 111 Å². The Morgan fingerprint density at radius 3 is 2.04 bits per heavy atom. The molecule has 0 bridgehead atoms. The zero-order valence-electron chi connectivity index (χ0n) is 15.9. The van der Waals surface area contributed by atoms with Gasteiger partial charge in [-0.1, -0.05) is 12.8 Å². The van der Waals surface area contributed by atoms with Crippen molar-refractivity contribution in [3.63, 3.8) is 0 Å². The summed E-state index contributed by atoms with van der Waals surface area (Å²) in [6.07, 6.45) is 3.93. The van der Waals surface area contributed by atoms with E-state index in [1.54, 1.807) is 13.0 Å². The highest BCUT2D eigenvalue weighted by Gasteiger charge is 2.31. The fourth-order valence-corrected chi connectivity index (χ4v) is 5.31. The molecular formula is C17H28N2O6S2. The van der Waals surface area contributed by atoms with Crippen LogP contribution in [0.15, 0.2) is 23.1 Å². The zero-order chi connectivity index (χ0) is 20.1. The van der Waals surface area contributed by atoms with Crippen molar-refractivity contribution in [2.24, 2.45) is 0 Å². The van der Waals surface area contributed by atoms with Crippen molar-refractivity contribution < 1.29 is 26.3 Å². The second-order valence-corrected chi connectivity index (χ2v) is 9.98. The van der Waals surface area contributed by atoms with Gasteiger partial charge in [-0.3, -0.25) is 0 Å². The Morgan fingerprint density at radius 1 is 0.926 bits per heavy atom. The van der Waals surface area contributed by atoms with Crippen LogP contribution in [-0.2, 0) is 20.0 Å². The highest BCUT2D eigenvalue weighted by Crippen LogP contribution is 2.31. The first-order valence-corrected chi connectivity index (χ1v) is 12.4. The predicted molar refractivity (Wildman–Crippen MR) is 103 cm³/mol. The monoisotopic (exact) mass is 420 g/mol. The van der Waals surface area contributed by atoms with Crippen LogP contribution in [0.5, 0.6) is 11.5 Å². The lowest BCUT2D eigenvalue weighted by Gasteiger charge is -2.32. The normalized spacial score (nSPS) is 21.0. The van der Waals surface area contributed by atoms with E-state index < -0.39 is 32.1 Å². The first-order chi connectivity index (χ1) is 12.7. The molecule has 0 heterocycles. The van der Waals surface area contributed by atoms with Crippen LogP contribution in [0.4, 0.5) is 0 Å². The van der Waals surface area contributed by atoms with Crippen LogP contribution in [0, 0.1) is 0 Å². The van der Waals surface area contributed by atoms with Crippen molar-refractivity contribution in [3.05, 3.63) is 18.2 Å². The fourth-order valence-electron chi connectivity index (χ4n) is 3.15. The average Bonchev–Trinajstić information content (AvgIpc) is 2.57. The lowest BCUT2D eigenvalue weighted by molar-refractivity contribution is 0.287. The van der Waals surface area contributed by atoms with Crippen LogP contribution < -0.4 is 18.9 Å². The Morgan fingerprint density at radius 2 is 1.48 bits per heavy atom. The maximum Gasteiger partial charge on any atom is 0.241 e. The summed E-state index contributed by atoms with van der Waals surface area (Å²) in [7, 11) is -7.27. The third-order valence-corrected chi connectivity index (χ3v) is 6.48. The Hall–Kier alpha value is -1.36. The van der Waals surface area contributed by atoms with E-state index in [0.717, 1.165) is 19.1 Å².